The Morgan fingerprint density at radius 2 is 1.62 bits per heavy atom. The number of hydrogen-bond acceptors (Lipinski definition) is 2. The molecular weight excluding hydrogens is 256 g/mol. The zero-order valence-electron chi connectivity index (χ0n) is 14.8. The predicted octanol–water partition coefficient (Wildman–Crippen LogP) is 4.20. The first-order valence-corrected chi connectivity index (χ1v) is 9.42. The molecule has 1 saturated heterocycles. The highest BCUT2D eigenvalue weighted by Gasteiger charge is 2.44. The summed E-state index contributed by atoms with van der Waals surface area (Å²) < 4.78 is 0. The van der Waals surface area contributed by atoms with Gasteiger partial charge in [0.05, 0.1) is 0 Å². The molecule has 3 aliphatic rings. The number of nitrogens with one attached hydrogen (secondary N) is 1. The van der Waals surface area contributed by atoms with Crippen molar-refractivity contribution in [2.45, 2.75) is 96.7 Å². The molecule has 0 amide bonds. The molecule has 2 aliphatic carbocycles. The summed E-state index contributed by atoms with van der Waals surface area (Å²) >= 11 is 0. The van der Waals surface area contributed by atoms with Crippen molar-refractivity contribution in [3.05, 3.63) is 0 Å². The third kappa shape index (κ3) is 3.32. The zero-order valence-corrected chi connectivity index (χ0v) is 14.8. The van der Waals surface area contributed by atoms with E-state index in [1.165, 1.54) is 64.5 Å². The number of nitrogens with zero attached hydrogens (tertiary/aromatic N) is 1. The second-order valence-electron chi connectivity index (χ2n) is 9.25. The topological polar surface area (TPSA) is 15.3 Å². The highest BCUT2D eigenvalue weighted by Crippen LogP contribution is 2.41. The van der Waals surface area contributed by atoms with Crippen molar-refractivity contribution in [2.24, 2.45) is 11.3 Å². The number of piperazine rings is 1. The largest absolute Gasteiger partial charge is 0.308 e. The maximum Gasteiger partial charge on any atom is 0.0309 e. The zero-order chi connectivity index (χ0) is 15.1. The van der Waals surface area contributed by atoms with Crippen LogP contribution >= 0.6 is 0 Å². The quantitative estimate of drug-likeness (QED) is 0.820. The molecule has 0 aromatic heterocycles. The summed E-state index contributed by atoms with van der Waals surface area (Å²) in [5, 5.41) is 3.97. The van der Waals surface area contributed by atoms with Crippen LogP contribution in [0.3, 0.4) is 0 Å². The second-order valence-corrected chi connectivity index (χ2v) is 9.25. The van der Waals surface area contributed by atoms with E-state index in [2.05, 4.69) is 37.9 Å². The molecular formula is C19H36N2. The molecule has 0 aromatic carbocycles. The third-order valence-electron chi connectivity index (χ3n) is 6.71. The van der Waals surface area contributed by atoms with Gasteiger partial charge in [0.15, 0.2) is 0 Å². The average Bonchev–Trinajstić information content (AvgIpc) is 2.86. The molecule has 2 saturated carbocycles. The van der Waals surface area contributed by atoms with Crippen molar-refractivity contribution in [1.82, 2.24) is 10.2 Å². The van der Waals surface area contributed by atoms with Crippen LogP contribution in [0.2, 0.25) is 0 Å². The van der Waals surface area contributed by atoms with Crippen molar-refractivity contribution in [3.8, 4) is 0 Å². The minimum atomic E-state index is 0.471. The van der Waals surface area contributed by atoms with E-state index in [4.69, 9.17) is 0 Å². The van der Waals surface area contributed by atoms with Crippen LogP contribution in [-0.2, 0) is 0 Å². The van der Waals surface area contributed by atoms with E-state index < -0.39 is 0 Å². The molecule has 0 bridgehead atoms. The van der Waals surface area contributed by atoms with Crippen molar-refractivity contribution >= 4 is 0 Å². The van der Waals surface area contributed by atoms with Crippen LogP contribution in [0.15, 0.2) is 0 Å². The summed E-state index contributed by atoms with van der Waals surface area (Å²) in [6.45, 7) is 12.3. The Morgan fingerprint density at radius 3 is 2.19 bits per heavy atom. The van der Waals surface area contributed by atoms with Crippen LogP contribution in [0.5, 0.6) is 0 Å². The van der Waals surface area contributed by atoms with E-state index in [0.29, 0.717) is 11.0 Å². The molecule has 2 heteroatoms. The summed E-state index contributed by atoms with van der Waals surface area (Å²) in [6, 6.07) is 1.60. The highest BCUT2D eigenvalue weighted by molar-refractivity contribution is 5.03. The van der Waals surface area contributed by atoms with Crippen LogP contribution in [0.25, 0.3) is 0 Å². The Balaban J connectivity index is 1.72. The van der Waals surface area contributed by atoms with Crippen molar-refractivity contribution in [3.63, 3.8) is 0 Å². The first-order chi connectivity index (χ1) is 9.91. The van der Waals surface area contributed by atoms with Gasteiger partial charge in [0.1, 0.15) is 0 Å². The van der Waals surface area contributed by atoms with Gasteiger partial charge in [0.2, 0.25) is 0 Å². The van der Waals surface area contributed by atoms with Gasteiger partial charge < -0.3 is 5.32 Å². The fourth-order valence-electron chi connectivity index (χ4n) is 5.08. The molecule has 3 fully saturated rings. The number of rotatable bonds is 2. The van der Waals surface area contributed by atoms with Crippen molar-refractivity contribution in [2.75, 3.05) is 13.1 Å². The summed E-state index contributed by atoms with van der Waals surface area (Å²) in [4.78, 5) is 2.95. The lowest BCUT2D eigenvalue weighted by Crippen LogP contribution is -2.66. The SMILES string of the molecule is CC(C)C1CNC2(CCCC2)CN1C1CCC(C)(C)CC1. The van der Waals surface area contributed by atoms with E-state index in [1.807, 2.05) is 0 Å². The van der Waals surface area contributed by atoms with Crippen molar-refractivity contribution < 1.29 is 0 Å². The van der Waals surface area contributed by atoms with Crippen LogP contribution < -0.4 is 5.32 Å². The van der Waals surface area contributed by atoms with E-state index >= 15 is 0 Å². The molecule has 1 unspecified atom stereocenters. The van der Waals surface area contributed by atoms with E-state index in [9.17, 15) is 0 Å². The molecule has 3 rings (SSSR count). The van der Waals surface area contributed by atoms with Gasteiger partial charge in [-0.3, -0.25) is 4.90 Å². The minimum Gasteiger partial charge on any atom is -0.308 e. The van der Waals surface area contributed by atoms with E-state index in [0.717, 1.165) is 18.0 Å². The molecule has 0 radical (unpaired) electrons. The molecule has 0 aromatic rings. The Bertz CT molecular complexity index is 345. The molecule has 1 N–H and O–H groups in total. The van der Waals surface area contributed by atoms with Crippen LogP contribution in [0.4, 0.5) is 0 Å². The van der Waals surface area contributed by atoms with E-state index in [-0.39, 0.29) is 0 Å². The summed E-state index contributed by atoms with van der Waals surface area (Å²) in [6.07, 6.45) is 11.4. The van der Waals surface area contributed by atoms with Gasteiger partial charge in [0.25, 0.3) is 0 Å². The lowest BCUT2D eigenvalue weighted by atomic mass is 9.74. The van der Waals surface area contributed by atoms with Gasteiger partial charge >= 0.3 is 0 Å². The molecule has 1 aliphatic heterocycles. The molecule has 2 nitrogen and oxygen atoms in total. The van der Waals surface area contributed by atoms with Gasteiger partial charge in [-0.15, -0.1) is 0 Å². The minimum absolute atomic E-state index is 0.471. The molecule has 122 valence electrons. The smallest absolute Gasteiger partial charge is 0.0309 e. The lowest BCUT2D eigenvalue weighted by Gasteiger charge is -2.52. The van der Waals surface area contributed by atoms with Crippen LogP contribution in [-0.4, -0.2) is 35.6 Å². The van der Waals surface area contributed by atoms with Gasteiger partial charge in [-0.05, 0) is 49.9 Å². The average molecular weight is 293 g/mol. The molecule has 21 heavy (non-hydrogen) atoms. The van der Waals surface area contributed by atoms with Crippen LogP contribution in [0.1, 0.15) is 79.1 Å². The first kappa shape index (κ1) is 15.8. The Kier molecular flexibility index (Phi) is 4.40. The highest BCUT2D eigenvalue weighted by atomic mass is 15.3. The predicted molar refractivity (Wildman–Crippen MR) is 90.6 cm³/mol. The van der Waals surface area contributed by atoms with Gasteiger partial charge in [-0.2, -0.15) is 0 Å². The maximum absolute atomic E-state index is 3.97. The molecule has 1 heterocycles. The normalized spacial score (nSPS) is 33.9. The van der Waals surface area contributed by atoms with Gasteiger partial charge in [-0.25, -0.2) is 0 Å². The Hall–Kier alpha value is -0.0800. The summed E-state index contributed by atoms with van der Waals surface area (Å²) in [7, 11) is 0. The Morgan fingerprint density at radius 1 is 1.00 bits per heavy atom. The van der Waals surface area contributed by atoms with Crippen LogP contribution in [0, 0.1) is 11.3 Å². The van der Waals surface area contributed by atoms with Gasteiger partial charge in [-0.1, -0.05) is 40.5 Å². The lowest BCUT2D eigenvalue weighted by molar-refractivity contribution is -0.00330. The monoisotopic (exact) mass is 292 g/mol. The maximum atomic E-state index is 3.97. The second kappa shape index (κ2) is 5.85. The van der Waals surface area contributed by atoms with E-state index in [1.54, 1.807) is 0 Å². The first-order valence-electron chi connectivity index (χ1n) is 9.42. The third-order valence-corrected chi connectivity index (χ3v) is 6.71. The standard InChI is InChI=1S/C19H36N2/c1-15(2)17-13-20-19(9-5-6-10-19)14-21(17)16-7-11-18(3,4)12-8-16/h15-17,20H,5-14H2,1-4H3. The Labute approximate surface area is 132 Å². The summed E-state index contributed by atoms with van der Waals surface area (Å²) in [5.74, 6) is 0.770. The molecule has 1 spiro atoms. The molecule has 1 atom stereocenters. The fourth-order valence-corrected chi connectivity index (χ4v) is 5.08. The van der Waals surface area contributed by atoms with Crippen molar-refractivity contribution in [1.29, 1.82) is 0 Å². The fraction of sp³-hybridized carbons (Fsp3) is 1.00. The number of hydrogen-bond donors (Lipinski definition) is 1. The van der Waals surface area contributed by atoms with Gasteiger partial charge in [0, 0.05) is 30.7 Å². The summed E-state index contributed by atoms with van der Waals surface area (Å²) in [5.41, 5.74) is 1.06.